The van der Waals surface area contributed by atoms with Crippen molar-refractivity contribution in [3.05, 3.63) is 52.8 Å². The van der Waals surface area contributed by atoms with E-state index in [1.165, 1.54) is 0 Å². The lowest BCUT2D eigenvalue weighted by molar-refractivity contribution is -0.112. The first-order chi connectivity index (χ1) is 12.6. The Labute approximate surface area is 157 Å². The van der Waals surface area contributed by atoms with E-state index in [2.05, 4.69) is 10.2 Å². The highest BCUT2D eigenvalue weighted by molar-refractivity contribution is 6.31. The third-order valence-corrected chi connectivity index (χ3v) is 4.43. The van der Waals surface area contributed by atoms with Gasteiger partial charge in [0.1, 0.15) is 11.6 Å². The van der Waals surface area contributed by atoms with E-state index < -0.39 is 5.91 Å². The van der Waals surface area contributed by atoms with Crippen molar-refractivity contribution >= 4 is 35.0 Å². The summed E-state index contributed by atoms with van der Waals surface area (Å²) in [6.07, 6.45) is 3.42. The number of nitriles is 1. The van der Waals surface area contributed by atoms with Gasteiger partial charge in [0.25, 0.3) is 5.91 Å². The van der Waals surface area contributed by atoms with Crippen molar-refractivity contribution in [1.82, 2.24) is 4.57 Å². The predicted octanol–water partition coefficient (Wildman–Crippen LogP) is 3.06. The molecule has 0 radical (unpaired) electrons. The van der Waals surface area contributed by atoms with Crippen LogP contribution in [0.5, 0.6) is 0 Å². The van der Waals surface area contributed by atoms with Crippen molar-refractivity contribution in [2.45, 2.75) is 0 Å². The van der Waals surface area contributed by atoms with Gasteiger partial charge in [-0.25, -0.2) is 0 Å². The summed E-state index contributed by atoms with van der Waals surface area (Å²) in [5, 5.41) is 12.7. The molecule has 1 amide bonds. The van der Waals surface area contributed by atoms with Crippen LogP contribution in [0.2, 0.25) is 5.02 Å². The Morgan fingerprint density at radius 2 is 2.12 bits per heavy atom. The molecule has 1 aliphatic rings. The van der Waals surface area contributed by atoms with E-state index >= 15 is 0 Å². The maximum Gasteiger partial charge on any atom is 0.266 e. The summed E-state index contributed by atoms with van der Waals surface area (Å²) in [6.45, 7) is 2.73. The fourth-order valence-electron chi connectivity index (χ4n) is 2.80. The number of carbonyl (C=O) groups excluding carboxylic acids is 1. The standard InChI is InChI=1S/C19H19ClN4O2/c1-23-6-2-3-16(23)11-14(13-21)19(25)22-17-12-15(20)4-5-18(17)24-7-9-26-10-8-24/h2-6,11-12H,7-10H2,1H3,(H,22,25)/b14-11+. The summed E-state index contributed by atoms with van der Waals surface area (Å²) in [6, 6.07) is 11.0. The van der Waals surface area contributed by atoms with Crippen molar-refractivity contribution < 1.29 is 9.53 Å². The number of amides is 1. The van der Waals surface area contributed by atoms with Crippen molar-refractivity contribution in [3.63, 3.8) is 0 Å². The second-order valence-electron chi connectivity index (χ2n) is 5.93. The lowest BCUT2D eigenvalue weighted by Gasteiger charge is -2.30. The highest BCUT2D eigenvalue weighted by Crippen LogP contribution is 2.30. The van der Waals surface area contributed by atoms with E-state index in [0.717, 1.165) is 24.5 Å². The molecule has 6 nitrogen and oxygen atoms in total. The molecule has 1 N–H and O–H groups in total. The SMILES string of the molecule is Cn1cccc1/C=C(\C#N)C(=O)Nc1cc(Cl)ccc1N1CCOCC1. The number of hydrogen-bond donors (Lipinski definition) is 1. The van der Waals surface area contributed by atoms with E-state index in [1.54, 1.807) is 18.2 Å². The summed E-state index contributed by atoms with van der Waals surface area (Å²) in [5.41, 5.74) is 2.25. The molecule has 26 heavy (non-hydrogen) atoms. The zero-order valence-electron chi connectivity index (χ0n) is 14.4. The third-order valence-electron chi connectivity index (χ3n) is 4.20. The highest BCUT2D eigenvalue weighted by atomic mass is 35.5. The average Bonchev–Trinajstić information content (AvgIpc) is 3.05. The Bertz CT molecular complexity index is 876. The quantitative estimate of drug-likeness (QED) is 0.663. The van der Waals surface area contributed by atoms with Crippen LogP contribution in [-0.2, 0) is 16.6 Å². The fraction of sp³-hybridized carbons (Fsp3) is 0.263. The number of carbonyl (C=O) groups is 1. The Kier molecular flexibility index (Phi) is 5.61. The van der Waals surface area contributed by atoms with Crippen LogP contribution in [0.1, 0.15) is 5.69 Å². The average molecular weight is 371 g/mol. The minimum atomic E-state index is -0.467. The molecule has 1 aromatic heterocycles. The van der Waals surface area contributed by atoms with Crippen molar-refractivity contribution in [1.29, 1.82) is 5.26 Å². The summed E-state index contributed by atoms with van der Waals surface area (Å²) < 4.78 is 7.22. The molecule has 1 fully saturated rings. The summed E-state index contributed by atoms with van der Waals surface area (Å²) in [4.78, 5) is 14.8. The zero-order chi connectivity index (χ0) is 18.5. The van der Waals surface area contributed by atoms with Crippen LogP contribution in [0.25, 0.3) is 6.08 Å². The smallest absolute Gasteiger partial charge is 0.266 e. The van der Waals surface area contributed by atoms with Crippen molar-refractivity contribution in [3.8, 4) is 6.07 Å². The van der Waals surface area contributed by atoms with Crippen LogP contribution in [0.15, 0.2) is 42.1 Å². The molecule has 7 heteroatoms. The number of halogens is 1. The predicted molar refractivity (Wildman–Crippen MR) is 102 cm³/mol. The van der Waals surface area contributed by atoms with Gasteiger partial charge in [0.15, 0.2) is 0 Å². The summed E-state index contributed by atoms with van der Waals surface area (Å²) in [5.74, 6) is -0.467. The zero-order valence-corrected chi connectivity index (χ0v) is 15.2. The molecule has 1 aliphatic heterocycles. The van der Waals surface area contributed by atoms with E-state index in [-0.39, 0.29) is 5.57 Å². The molecular formula is C19H19ClN4O2. The van der Waals surface area contributed by atoms with Crippen LogP contribution < -0.4 is 10.2 Å². The topological polar surface area (TPSA) is 70.3 Å². The van der Waals surface area contributed by atoms with Gasteiger partial charge in [-0.3, -0.25) is 4.79 Å². The minimum Gasteiger partial charge on any atom is -0.378 e. The van der Waals surface area contributed by atoms with Gasteiger partial charge in [0.05, 0.1) is 24.6 Å². The maximum atomic E-state index is 12.6. The number of anilines is 2. The van der Waals surface area contributed by atoms with Gasteiger partial charge in [0, 0.05) is 37.1 Å². The number of benzene rings is 1. The van der Waals surface area contributed by atoms with E-state index in [0.29, 0.717) is 23.9 Å². The van der Waals surface area contributed by atoms with Crippen molar-refractivity contribution in [2.24, 2.45) is 7.05 Å². The molecule has 3 rings (SSSR count). The third kappa shape index (κ3) is 4.07. The molecule has 0 saturated carbocycles. The normalized spacial score (nSPS) is 14.8. The van der Waals surface area contributed by atoms with Gasteiger partial charge in [-0.15, -0.1) is 0 Å². The molecule has 2 heterocycles. The Balaban J connectivity index is 1.86. The van der Waals surface area contributed by atoms with Gasteiger partial charge in [-0.2, -0.15) is 5.26 Å². The molecule has 0 atom stereocenters. The Hall–Kier alpha value is -2.75. The maximum absolute atomic E-state index is 12.6. The van der Waals surface area contributed by atoms with E-state index in [4.69, 9.17) is 16.3 Å². The monoisotopic (exact) mass is 370 g/mol. The lowest BCUT2D eigenvalue weighted by Crippen LogP contribution is -2.36. The first-order valence-electron chi connectivity index (χ1n) is 8.25. The molecular weight excluding hydrogens is 352 g/mol. The number of aryl methyl sites for hydroxylation is 1. The van der Waals surface area contributed by atoms with Gasteiger partial charge in [0.2, 0.25) is 0 Å². The van der Waals surface area contributed by atoms with Crippen molar-refractivity contribution in [2.75, 3.05) is 36.5 Å². The molecule has 0 aliphatic carbocycles. The molecule has 0 bridgehead atoms. The van der Waals surface area contributed by atoms with Gasteiger partial charge in [-0.05, 0) is 36.4 Å². The first-order valence-corrected chi connectivity index (χ1v) is 8.63. The number of aromatic nitrogens is 1. The van der Waals surface area contributed by atoms with Gasteiger partial charge in [-0.1, -0.05) is 11.6 Å². The lowest BCUT2D eigenvalue weighted by atomic mass is 10.2. The molecule has 1 aromatic carbocycles. The summed E-state index contributed by atoms with van der Waals surface area (Å²) in [7, 11) is 1.85. The Morgan fingerprint density at radius 1 is 1.35 bits per heavy atom. The van der Waals surface area contributed by atoms with Gasteiger partial charge < -0.3 is 19.5 Å². The van der Waals surface area contributed by atoms with Crippen LogP contribution in [0.3, 0.4) is 0 Å². The van der Waals surface area contributed by atoms with Gasteiger partial charge >= 0.3 is 0 Å². The highest BCUT2D eigenvalue weighted by Gasteiger charge is 2.18. The first kappa shape index (κ1) is 18.1. The second-order valence-corrected chi connectivity index (χ2v) is 6.37. The number of nitrogens with zero attached hydrogens (tertiary/aromatic N) is 3. The largest absolute Gasteiger partial charge is 0.378 e. The molecule has 0 unspecified atom stereocenters. The number of ether oxygens (including phenoxy) is 1. The molecule has 1 saturated heterocycles. The summed E-state index contributed by atoms with van der Waals surface area (Å²) >= 11 is 6.11. The van der Waals surface area contributed by atoms with E-state index in [9.17, 15) is 10.1 Å². The number of rotatable bonds is 4. The molecule has 134 valence electrons. The number of hydrogen-bond acceptors (Lipinski definition) is 4. The number of nitrogens with one attached hydrogen (secondary N) is 1. The van der Waals surface area contributed by atoms with Crippen LogP contribution in [0, 0.1) is 11.3 Å². The minimum absolute atomic E-state index is 0.0275. The van der Waals surface area contributed by atoms with E-state index in [1.807, 2.05) is 42.1 Å². The number of morpholine rings is 1. The van der Waals surface area contributed by atoms with Crippen LogP contribution in [0.4, 0.5) is 11.4 Å². The Morgan fingerprint density at radius 3 is 2.77 bits per heavy atom. The van der Waals surface area contributed by atoms with Crippen LogP contribution >= 0.6 is 11.6 Å². The molecule has 2 aromatic rings. The second kappa shape index (κ2) is 8.09. The van der Waals surface area contributed by atoms with Crippen LogP contribution in [-0.4, -0.2) is 36.8 Å². The molecule has 0 spiro atoms. The fourth-order valence-corrected chi connectivity index (χ4v) is 2.97.